The van der Waals surface area contributed by atoms with Gasteiger partial charge in [0.2, 0.25) is 0 Å². The Kier molecular flexibility index (Phi) is 3.96. The molecule has 3 aromatic rings. The number of nitrogens with one attached hydrogen (secondary N) is 1. The van der Waals surface area contributed by atoms with E-state index in [0.29, 0.717) is 6.61 Å². The number of rotatable bonds is 5. The molecule has 1 aromatic carbocycles. The van der Waals surface area contributed by atoms with Crippen LogP contribution in [-0.4, -0.2) is 23.1 Å². The van der Waals surface area contributed by atoms with E-state index in [4.69, 9.17) is 4.74 Å². The highest BCUT2D eigenvalue weighted by Crippen LogP contribution is 2.22. The number of benzene rings is 1. The number of hydrogen-bond acceptors (Lipinski definition) is 4. The molecule has 0 amide bonds. The van der Waals surface area contributed by atoms with Gasteiger partial charge in [0.1, 0.15) is 12.4 Å². The molecule has 0 atom stereocenters. The molecule has 0 aliphatic heterocycles. The van der Waals surface area contributed by atoms with Crippen LogP contribution in [0.15, 0.2) is 54.9 Å². The van der Waals surface area contributed by atoms with Gasteiger partial charge in [0.05, 0.1) is 11.7 Å². The van der Waals surface area contributed by atoms with Crippen LogP contribution in [0, 0.1) is 6.92 Å². The monoisotopic (exact) mass is 279 g/mol. The van der Waals surface area contributed by atoms with Crippen LogP contribution in [-0.2, 0) is 0 Å². The highest BCUT2D eigenvalue weighted by molar-refractivity contribution is 5.91. The summed E-state index contributed by atoms with van der Waals surface area (Å²) in [6.07, 6.45) is 3.45. The number of nitrogens with zero attached hydrogens (tertiary/aromatic N) is 2. The minimum atomic E-state index is 0.585. The fourth-order valence-corrected chi connectivity index (χ4v) is 2.24. The summed E-state index contributed by atoms with van der Waals surface area (Å²) in [5, 5.41) is 4.54. The van der Waals surface area contributed by atoms with Gasteiger partial charge in [0.15, 0.2) is 0 Å². The lowest BCUT2D eigenvalue weighted by Gasteiger charge is -2.11. The van der Waals surface area contributed by atoms with Crippen molar-refractivity contribution in [3.63, 3.8) is 0 Å². The zero-order chi connectivity index (χ0) is 14.5. The van der Waals surface area contributed by atoms with Crippen molar-refractivity contribution in [1.82, 2.24) is 9.97 Å². The van der Waals surface area contributed by atoms with E-state index in [2.05, 4.69) is 27.4 Å². The van der Waals surface area contributed by atoms with Gasteiger partial charge in [-0.15, -0.1) is 0 Å². The number of anilines is 1. The fraction of sp³-hybridized carbons (Fsp3) is 0.176. The summed E-state index contributed by atoms with van der Waals surface area (Å²) < 4.78 is 5.63. The van der Waals surface area contributed by atoms with Crippen LogP contribution >= 0.6 is 0 Å². The first kappa shape index (κ1) is 13.4. The third-order valence-corrected chi connectivity index (χ3v) is 3.16. The molecule has 0 fully saturated rings. The molecule has 4 nitrogen and oxygen atoms in total. The fourth-order valence-electron chi connectivity index (χ4n) is 2.24. The Bertz CT molecular complexity index is 728. The lowest BCUT2D eigenvalue weighted by Crippen LogP contribution is -2.12. The zero-order valence-electron chi connectivity index (χ0n) is 11.9. The molecule has 0 bridgehead atoms. The minimum absolute atomic E-state index is 0.585. The molecule has 2 heterocycles. The van der Waals surface area contributed by atoms with Gasteiger partial charge in [0.25, 0.3) is 0 Å². The predicted octanol–water partition coefficient (Wildman–Crippen LogP) is 3.43. The molecule has 4 heteroatoms. The number of aryl methyl sites for hydroxylation is 1. The molecule has 1 N–H and O–H groups in total. The molecule has 21 heavy (non-hydrogen) atoms. The third-order valence-electron chi connectivity index (χ3n) is 3.16. The summed E-state index contributed by atoms with van der Waals surface area (Å²) in [7, 11) is 0. The normalized spacial score (nSPS) is 10.5. The Hall–Kier alpha value is -2.62. The molecule has 106 valence electrons. The first-order valence-electron chi connectivity index (χ1n) is 6.96. The van der Waals surface area contributed by atoms with E-state index in [1.165, 1.54) is 0 Å². The molecule has 0 aliphatic carbocycles. The van der Waals surface area contributed by atoms with Crippen LogP contribution in [0.4, 0.5) is 5.69 Å². The molecular weight excluding hydrogens is 262 g/mol. The highest BCUT2D eigenvalue weighted by Gasteiger charge is 2.03. The van der Waals surface area contributed by atoms with Gasteiger partial charge in [-0.2, -0.15) is 0 Å². The van der Waals surface area contributed by atoms with E-state index in [-0.39, 0.29) is 0 Å². The van der Waals surface area contributed by atoms with E-state index < -0.39 is 0 Å². The molecule has 0 aliphatic rings. The van der Waals surface area contributed by atoms with Crippen molar-refractivity contribution in [3.8, 4) is 5.75 Å². The number of hydrogen-bond donors (Lipinski definition) is 1. The summed E-state index contributed by atoms with van der Waals surface area (Å²) in [6, 6.07) is 14.0. The van der Waals surface area contributed by atoms with Crippen molar-refractivity contribution in [2.45, 2.75) is 6.92 Å². The van der Waals surface area contributed by atoms with Gasteiger partial charge in [-0.25, -0.2) is 0 Å². The minimum Gasteiger partial charge on any atom is -0.490 e. The van der Waals surface area contributed by atoms with Gasteiger partial charge in [-0.1, -0.05) is 18.2 Å². The second-order valence-corrected chi connectivity index (χ2v) is 4.79. The molecule has 0 unspecified atom stereocenters. The number of fused-ring (bicyclic) bond motifs is 1. The van der Waals surface area contributed by atoms with Crippen LogP contribution in [0.5, 0.6) is 5.75 Å². The van der Waals surface area contributed by atoms with Gasteiger partial charge < -0.3 is 10.1 Å². The average molecular weight is 279 g/mol. The van der Waals surface area contributed by atoms with Crippen LogP contribution in [0.25, 0.3) is 10.9 Å². The number of ether oxygens (including phenoxy) is 1. The first-order valence-corrected chi connectivity index (χ1v) is 6.96. The lowest BCUT2D eigenvalue weighted by molar-refractivity contribution is 0.331. The van der Waals surface area contributed by atoms with Crippen molar-refractivity contribution in [3.05, 3.63) is 60.6 Å². The Morgan fingerprint density at radius 1 is 1.14 bits per heavy atom. The van der Waals surface area contributed by atoms with E-state index in [1.54, 1.807) is 12.4 Å². The second kappa shape index (κ2) is 6.22. The lowest BCUT2D eigenvalue weighted by atomic mass is 10.1. The highest BCUT2D eigenvalue weighted by atomic mass is 16.5. The number of pyridine rings is 2. The second-order valence-electron chi connectivity index (χ2n) is 4.79. The average Bonchev–Trinajstić information content (AvgIpc) is 2.52. The third kappa shape index (κ3) is 3.28. The Labute approximate surface area is 123 Å². The molecule has 3 rings (SSSR count). The smallest absolute Gasteiger partial charge is 0.137 e. The zero-order valence-corrected chi connectivity index (χ0v) is 11.9. The number of aromatic nitrogens is 2. The van der Waals surface area contributed by atoms with Crippen LogP contribution in [0.1, 0.15) is 5.69 Å². The first-order chi connectivity index (χ1) is 10.3. The summed E-state index contributed by atoms with van der Waals surface area (Å²) >= 11 is 0. The van der Waals surface area contributed by atoms with Crippen molar-refractivity contribution < 1.29 is 4.74 Å². The van der Waals surface area contributed by atoms with Crippen LogP contribution in [0.3, 0.4) is 0 Å². The van der Waals surface area contributed by atoms with Gasteiger partial charge in [0, 0.05) is 29.5 Å². The maximum atomic E-state index is 5.63. The summed E-state index contributed by atoms with van der Waals surface area (Å²) in [4.78, 5) is 8.55. The molecular formula is C17H17N3O. The summed E-state index contributed by atoms with van der Waals surface area (Å²) in [6.45, 7) is 3.31. The van der Waals surface area contributed by atoms with E-state index in [0.717, 1.165) is 34.6 Å². The van der Waals surface area contributed by atoms with Crippen molar-refractivity contribution in [1.29, 1.82) is 0 Å². The standard InChI is InChI=1S/C17H17N3O/c1-13-11-17(15-6-2-3-7-16(15)20-13)19-9-10-21-14-5-4-8-18-12-14/h2-8,11-12H,9-10H2,1H3,(H,19,20). The Morgan fingerprint density at radius 2 is 2.05 bits per heavy atom. The van der Waals surface area contributed by atoms with Crippen molar-refractivity contribution in [2.24, 2.45) is 0 Å². The topological polar surface area (TPSA) is 47.0 Å². The van der Waals surface area contributed by atoms with Crippen LogP contribution < -0.4 is 10.1 Å². The Morgan fingerprint density at radius 3 is 2.90 bits per heavy atom. The molecule has 0 radical (unpaired) electrons. The quantitative estimate of drug-likeness (QED) is 0.727. The van der Waals surface area contributed by atoms with E-state index in [9.17, 15) is 0 Å². The maximum Gasteiger partial charge on any atom is 0.137 e. The van der Waals surface area contributed by atoms with Gasteiger partial charge in [-0.05, 0) is 31.2 Å². The van der Waals surface area contributed by atoms with Crippen molar-refractivity contribution in [2.75, 3.05) is 18.5 Å². The summed E-state index contributed by atoms with van der Waals surface area (Å²) in [5.41, 5.74) is 3.10. The largest absolute Gasteiger partial charge is 0.490 e. The maximum absolute atomic E-state index is 5.63. The van der Waals surface area contributed by atoms with Crippen molar-refractivity contribution >= 4 is 16.6 Å². The number of para-hydroxylation sites is 1. The molecule has 0 saturated heterocycles. The molecule has 2 aromatic heterocycles. The van der Waals surface area contributed by atoms with Gasteiger partial charge >= 0.3 is 0 Å². The van der Waals surface area contributed by atoms with E-state index >= 15 is 0 Å². The van der Waals surface area contributed by atoms with Crippen LogP contribution in [0.2, 0.25) is 0 Å². The van der Waals surface area contributed by atoms with E-state index in [1.807, 2.05) is 37.3 Å². The Balaban J connectivity index is 1.65. The SMILES string of the molecule is Cc1cc(NCCOc2cccnc2)c2ccccc2n1. The molecule has 0 saturated carbocycles. The molecule has 0 spiro atoms. The predicted molar refractivity (Wildman–Crippen MR) is 84.7 cm³/mol. The van der Waals surface area contributed by atoms with Gasteiger partial charge in [-0.3, -0.25) is 9.97 Å². The summed E-state index contributed by atoms with van der Waals surface area (Å²) in [5.74, 6) is 0.787.